The average Bonchev–Trinajstić information content (AvgIpc) is 2.44. The molecule has 1 unspecified atom stereocenters. The molecule has 0 aliphatic carbocycles. The monoisotopic (exact) mass is 291 g/mol. The number of amides is 2. The van der Waals surface area contributed by atoms with Gasteiger partial charge in [-0.15, -0.1) is 0 Å². The predicted octanol–water partition coefficient (Wildman–Crippen LogP) is 1.11. The topological polar surface area (TPSA) is 71.5 Å². The summed E-state index contributed by atoms with van der Waals surface area (Å²) in [5.74, 6) is 0.275. The minimum atomic E-state index is -0.887. The van der Waals surface area contributed by atoms with E-state index >= 15 is 0 Å². The van der Waals surface area contributed by atoms with Crippen molar-refractivity contribution in [1.29, 1.82) is 0 Å². The van der Waals surface area contributed by atoms with E-state index in [2.05, 4.69) is 10.3 Å². The van der Waals surface area contributed by atoms with Gasteiger partial charge in [0, 0.05) is 6.07 Å². The summed E-state index contributed by atoms with van der Waals surface area (Å²) in [5.41, 5.74) is -0.187. The van der Waals surface area contributed by atoms with Gasteiger partial charge in [-0.3, -0.25) is 9.59 Å². The van der Waals surface area contributed by atoms with Gasteiger partial charge in [0.05, 0.1) is 19.3 Å². The molecule has 2 heterocycles. The summed E-state index contributed by atoms with van der Waals surface area (Å²) in [6.07, 6.45) is 0.567. The number of carbonyl (C=O) groups is 2. The van der Waals surface area contributed by atoms with Crippen LogP contribution >= 0.6 is 0 Å². The van der Waals surface area contributed by atoms with Gasteiger partial charge in [0.25, 0.3) is 0 Å². The fourth-order valence-corrected chi connectivity index (χ4v) is 2.51. The molecule has 0 bridgehead atoms. The summed E-state index contributed by atoms with van der Waals surface area (Å²) in [5, 5.41) is 2.77. The van der Waals surface area contributed by atoms with Crippen molar-refractivity contribution in [3.05, 3.63) is 23.9 Å². The van der Waals surface area contributed by atoms with Crippen molar-refractivity contribution >= 4 is 11.8 Å². The molecule has 0 spiro atoms. The van der Waals surface area contributed by atoms with Crippen molar-refractivity contribution in [2.75, 3.05) is 7.11 Å². The second-order valence-corrected chi connectivity index (χ2v) is 5.64. The lowest BCUT2D eigenvalue weighted by atomic mass is 9.95. The minimum absolute atomic E-state index is 0.0985. The Balaban J connectivity index is 2.29. The van der Waals surface area contributed by atoms with E-state index in [1.165, 1.54) is 0 Å². The number of aromatic nitrogens is 1. The summed E-state index contributed by atoms with van der Waals surface area (Å²) < 4.78 is 5.09. The third kappa shape index (κ3) is 2.99. The zero-order valence-electron chi connectivity index (χ0n) is 12.8. The van der Waals surface area contributed by atoms with Crippen LogP contribution in [-0.4, -0.2) is 40.4 Å². The molecule has 1 N–H and O–H groups in total. The number of nitrogens with one attached hydrogen (secondary N) is 1. The first-order chi connectivity index (χ1) is 9.89. The third-order valence-electron chi connectivity index (χ3n) is 3.62. The van der Waals surface area contributed by atoms with Crippen LogP contribution in [0.1, 0.15) is 32.9 Å². The first-order valence-corrected chi connectivity index (χ1v) is 7.02. The van der Waals surface area contributed by atoms with E-state index in [9.17, 15) is 9.59 Å². The largest absolute Gasteiger partial charge is 0.481 e. The first kappa shape index (κ1) is 15.3. The highest BCUT2D eigenvalue weighted by Crippen LogP contribution is 2.22. The molecule has 2 amide bonds. The lowest BCUT2D eigenvalue weighted by Gasteiger charge is -2.42. The molecule has 0 aromatic carbocycles. The van der Waals surface area contributed by atoms with E-state index in [0.717, 1.165) is 0 Å². The molecule has 1 aromatic rings. The van der Waals surface area contributed by atoms with Gasteiger partial charge in [-0.25, -0.2) is 4.98 Å². The number of hydrogen-bond donors (Lipinski definition) is 1. The molecule has 6 nitrogen and oxygen atoms in total. The molecular weight excluding hydrogens is 270 g/mol. The normalized spacial score (nSPS) is 21.1. The van der Waals surface area contributed by atoms with Gasteiger partial charge in [0.15, 0.2) is 0 Å². The molecule has 1 atom stereocenters. The van der Waals surface area contributed by atoms with Crippen molar-refractivity contribution in [1.82, 2.24) is 15.2 Å². The molecule has 1 aliphatic heterocycles. The van der Waals surface area contributed by atoms with E-state index < -0.39 is 11.6 Å². The highest BCUT2D eigenvalue weighted by atomic mass is 16.5. The quantitative estimate of drug-likeness (QED) is 0.902. The SMILES string of the molecule is CCC1C(=O)NC(C)(C)C(=O)N1Cc1cccc(OC)n1. The lowest BCUT2D eigenvalue weighted by molar-refractivity contribution is -0.154. The zero-order valence-corrected chi connectivity index (χ0v) is 12.8. The van der Waals surface area contributed by atoms with Crippen molar-refractivity contribution < 1.29 is 14.3 Å². The van der Waals surface area contributed by atoms with E-state index in [1.807, 2.05) is 19.1 Å². The van der Waals surface area contributed by atoms with Gasteiger partial charge >= 0.3 is 0 Å². The van der Waals surface area contributed by atoms with Crippen LogP contribution in [-0.2, 0) is 16.1 Å². The Morgan fingerprint density at radius 2 is 2.10 bits per heavy atom. The van der Waals surface area contributed by atoms with Gasteiger partial charge in [-0.2, -0.15) is 0 Å². The number of methoxy groups -OCH3 is 1. The molecule has 21 heavy (non-hydrogen) atoms. The number of piperazine rings is 1. The van der Waals surface area contributed by atoms with Crippen molar-refractivity contribution in [3.8, 4) is 5.88 Å². The fourth-order valence-electron chi connectivity index (χ4n) is 2.51. The van der Waals surface area contributed by atoms with Gasteiger partial charge in [-0.05, 0) is 26.3 Å². The van der Waals surface area contributed by atoms with Crippen LogP contribution in [0, 0.1) is 0 Å². The smallest absolute Gasteiger partial charge is 0.248 e. The fraction of sp³-hybridized carbons (Fsp3) is 0.533. The van der Waals surface area contributed by atoms with Crippen LogP contribution in [0.25, 0.3) is 0 Å². The molecule has 1 aromatic heterocycles. The van der Waals surface area contributed by atoms with Gasteiger partial charge < -0.3 is 15.0 Å². The van der Waals surface area contributed by atoms with Gasteiger partial charge in [-0.1, -0.05) is 13.0 Å². The molecule has 6 heteroatoms. The molecule has 114 valence electrons. The Kier molecular flexibility index (Phi) is 4.16. The van der Waals surface area contributed by atoms with Crippen LogP contribution in [0.2, 0.25) is 0 Å². The number of carbonyl (C=O) groups excluding carboxylic acids is 2. The van der Waals surface area contributed by atoms with Crippen LogP contribution < -0.4 is 10.1 Å². The lowest BCUT2D eigenvalue weighted by Crippen LogP contribution is -2.67. The zero-order chi connectivity index (χ0) is 15.6. The standard InChI is InChI=1S/C15H21N3O3/c1-5-11-13(19)17-15(2,3)14(20)18(11)9-10-7-6-8-12(16-10)21-4/h6-8,11H,5,9H2,1-4H3,(H,17,19). The minimum Gasteiger partial charge on any atom is -0.481 e. The maximum absolute atomic E-state index is 12.6. The first-order valence-electron chi connectivity index (χ1n) is 7.02. The van der Waals surface area contributed by atoms with Gasteiger partial charge in [0.2, 0.25) is 17.7 Å². The molecule has 0 saturated carbocycles. The summed E-state index contributed by atoms with van der Waals surface area (Å²) in [6.45, 7) is 5.61. The van der Waals surface area contributed by atoms with E-state index in [0.29, 0.717) is 24.5 Å². The Hall–Kier alpha value is -2.11. The third-order valence-corrected chi connectivity index (χ3v) is 3.62. The molecule has 1 fully saturated rings. The summed E-state index contributed by atoms with van der Waals surface area (Å²) in [7, 11) is 1.55. The van der Waals surface area contributed by atoms with E-state index in [4.69, 9.17) is 4.74 Å². The van der Waals surface area contributed by atoms with Crippen LogP contribution in [0.3, 0.4) is 0 Å². The van der Waals surface area contributed by atoms with Gasteiger partial charge in [0.1, 0.15) is 11.6 Å². The van der Waals surface area contributed by atoms with Crippen LogP contribution in [0.15, 0.2) is 18.2 Å². The Bertz CT molecular complexity index is 557. The highest BCUT2D eigenvalue weighted by Gasteiger charge is 2.44. The Morgan fingerprint density at radius 1 is 1.38 bits per heavy atom. The van der Waals surface area contributed by atoms with E-state index in [-0.39, 0.29) is 11.8 Å². The number of nitrogens with zero attached hydrogens (tertiary/aromatic N) is 2. The number of ether oxygens (including phenoxy) is 1. The van der Waals surface area contributed by atoms with Crippen LogP contribution in [0.4, 0.5) is 0 Å². The number of hydrogen-bond acceptors (Lipinski definition) is 4. The highest BCUT2D eigenvalue weighted by molar-refractivity contribution is 5.99. The summed E-state index contributed by atoms with van der Waals surface area (Å²) in [4.78, 5) is 30.6. The maximum Gasteiger partial charge on any atom is 0.248 e. The van der Waals surface area contributed by atoms with Crippen molar-refractivity contribution in [3.63, 3.8) is 0 Å². The second kappa shape index (κ2) is 5.71. The Labute approximate surface area is 124 Å². The molecule has 1 saturated heterocycles. The molecular formula is C15H21N3O3. The summed E-state index contributed by atoms with van der Waals surface area (Å²) >= 11 is 0. The Morgan fingerprint density at radius 3 is 2.71 bits per heavy atom. The van der Waals surface area contributed by atoms with Crippen LogP contribution in [0.5, 0.6) is 5.88 Å². The second-order valence-electron chi connectivity index (χ2n) is 5.64. The number of pyridine rings is 1. The molecule has 0 radical (unpaired) electrons. The molecule has 2 rings (SSSR count). The predicted molar refractivity (Wildman–Crippen MR) is 77.6 cm³/mol. The average molecular weight is 291 g/mol. The maximum atomic E-state index is 12.6. The van der Waals surface area contributed by atoms with Crippen molar-refractivity contribution in [2.45, 2.75) is 45.3 Å². The summed E-state index contributed by atoms with van der Waals surface area (Å²) in [6, 6.07) is 4.93. The molecule has 1 aliphatic rings. The van der Waals surface area contributed by atoms with Crippen molar-refractivity contribution in [2.24, 2.45) is 0 Å². The number of rotatable bonds is 4. The van der Waals surface area contributed by atoms with E-state index in [1.54, 1.807) is 31.9 Å².